The zero-order valence-corrected chi connectivity index (χ0v) is 11.7. The van der Waals surface area contributed by atoms with Crippen molar-refractivity contribution in [3.05, 3.63) is 0 Å². The highest BCUT2D eigenvalue weighted by atomic mass is 32.2. The Hall–Kier alpha value is -0.960. The van der Waals surface area contributed by atoms with Gasteiger partial charge in [-0.3, -0.25) is 9.59 Å². The predicted molar refractivity (Wildman–Crippen MR) is 66.5 cm³/mol. The number of rotatable bonds is 6. The Kier molecular flexibility index (Phi) is 5.69. The first-order chi connectivity index (χ1) is 9.20. The minimum absolute atomic E-state index is 0.0260. The van der Waals surface area contributed by atoms with Gasteiger partial charge in [-0.1, -0.05) is 0 Å². The molecule has 1 amide bonds. The van der Waals surface area contributed by atoms with Crippen molar-refractivity contribution in [1.29, 1.82) is 0 Å². The van der Waals surface area contributed by atoms with Crippen LogP contribution in [0.2, 0.25) is 0 Å². The van der Waals surface area contributed by atoms with Crippen LogP contribution in [0.4, 0.5) is 13.2 Å². The van der Waals surface area contributed by atoms with Gasteiger partial charge in [0, 0.05) is 20.2 Å². The summed E-state index contributed by atoms with van der Waals surface area (Å²) in [5.74, 6) is -2.92. The lowest BCUT2D eigenvalue weighted by Gasteiger charge is -2.23. The summed E-state index contributed by atoms with van der Waals surface area (Å²) in [6.45, 7) is 0.171. The molecule has 1 atom stereocenters. The molecule has 1 heterocycles. The number of carbonyl (C=O) groups excluding carboxylic acids is 1. The Morgan fingerprint density at radius 2 is 2.10 bits per heavy atom. The maximum atomic E-state index is 12.0. The average molecular weight is 315 g/mol. The van der Waals surface area contributed by atoms with E-state index < -0.39 is 29.2 Å². The van der Waals surface area contributed by atoms with E-state index in [0.29, 0.717) is 11.8 Å². The summed E-state index contributed by atoms with van der Waals surface area (Å²) < 4.78 is 40.8. The molecule has 0 saturated carbocycles. The van der Waals surface area contributed by atoms with Crippen LogP contribution in [0.1, 0.15) is 6.42 Å². The second-order valence-electron chi connectivity index (χ2n) is 4.69. The third kappa shape index (κ3) is 4.55. The van der Waals surface area contributed by atoms with Gasteiger partial charge in [-0.15, -0.1) is 11.8 Å². The summed E-state index contributed by atoms with van der Waals surface area (Å²) in [5, 5.41) is 9.21. The second-order valence-corrected chi connectivity index (χ2v) is 5.68. The molecule has 1 fully saturated rings. The Morgan fingerprint density at radius 1 is 1.45 bits per heavy atom. The number of thioether (sulfide) groups is 1. The molecule has 1 aliphatic rings. The molecule has 9 heteroatoms. The summed E-state index contributed by atoms with van der Waals surface area (Å²) in [7, 11) is 1.37. The quantitative estimate of drug-likeness (QED) is 0.798. The lowest BCUT2D eigenvalue weighted by atomic mass is 9.88. The molecular formula is C11H16F3NO4S. The molecule has 0 radical (unpaired) electrons. The van der Waals surface area contributed by atoms with Gasteiger partial charge in [-0.05, 0) is 6.42 Å². The molecule has 0 spiro atoms. The van der Waals surface area contributed by atoms with E-state index in [-0.39, 0.29) is 31.9 Å². The Labute approximate surface area is 118 Å². The van der Waals surface area contributed by atoms with Crippen molar-refractivity contribution in [2.24, 2.45) is 5.41 Å². The molecular weight excluding hydrogens is 299 g/mol. The lowest BCUT2D eigenvalue weighted by Crippen LogP contribution is -2.40. The van der Waals surface area contributed by atoms with Crippen molar-refractivity contribution in [2.45, 2.75) is 12.6 Å². The number of carboxylic acid groups (broad SMARTS) is 1. The first-order valence-corrected chi connectivity index (χ1v) is 7.00. The number of carboxylic acids is 1. The van der Waals surface area contributed by atoms with Gasteiger partial charge in [0.25, 0.3) is 0 Å². The van der Waals surface area contributed by atoms with E-state index in [9.17, 15) is 27.9 Å². The monoisotopic (exact) mass is 315 g/mol. The molecule has 1 N–H and O–H groups in total. The van der Waals surface area contributed by atoms with Gasteiger partial charge >= 0.3 is 12.1 Å². The predicted octanol–water partition coefficient (Wildman–Crippen LogP) is 1.23. The van der Waals surface area contributed by atoms with E-state index in [4.69, 9.17) is 4.74 Å². The standard InChI is InChI=1S/C11H16F3NO4S/c1-19-6-10(9(17)18)2-3-15(5-10)8(16)4-20-7-11(12,13)14/h2-7H2,1H3,(H,17,18). The number of methoxy groups -OCH3 is 1. The van der Waals surface area contributed by atoms with Gasteiger partial charge in [-0.2, -0.15) is 13.2 Å². The summed E-state index contributed by atoms with van der Waals surface area (Å²) in [4.78, 5) is 24.3. The fourth-order valence-electron chi connectivity index (χ4n) is 2.06. The number of hydrogen-bond donors (Lipinski definition) is 1. The first kappa shape index (κ1) is 17.1. The van der Waals surface area contributed by atoms with Crippen LogP contribution in [-0.2, 0) is 14.3 Å². The Bertz CT molecular complexity index is 377. The Balaban J connectivity index is 2.50. The number of ether oxygens (including phenoxy) is 1. The molecule has 0 bridgehead atoms. The van der Waals surface area contributed by atoms with Crippen LogP contribution in [0.3, 0.4) is 0 Å². The van der Waals surface area contributed by atoms with Gasteiger partial charge in [0.1, 0.15) is 5.41 Å². The Morgan fingerprint density at radius 3 is 2.60 bits per heavy atom. The highest BCUT2D eigenvalue weighted by Gasteiger charge is 2.46. The van der Waals surface area contributed by atoms with E-state index in [1.54, 1.807) is 0 Å². The van der Waals surface area contributed by atoms with Crippen LogP contribution >= 0.6 is 11.8 Å². The van der Waals surface area contributed by atoms with Gasteiger partial charge < -0.3 is 14.7 Å². The topological polar surface area (TPSA) is 66.8 Å². The van der Waals surface area contributed by atoms with Crippen LogP contribution in [0.15, 0.2) is 0 Å². The number of carbonyl (C=O) groups is 2. The van der Waals surface area contributed by atoms with Crippen molar-refractivity contribution in [3.8, 4) is 0 Å². The lowest BCUT2D eigenvalue weighted by molar-refractivity contribution is -0.151. The smallest absolute Gasteiger partial charge is 0.397 e. The van der Waals surface area contributed by atoms with E-state index in [1.165, 1.54) is 12.0 Å². The number of hydrogen-bond acceptors (Lipinski definition) is 4. The number of nitrogens with zero attached hydrogens (tertiary/aromatic N) is 1. The van der Waals surface area contributed by atoms with Gasteiger partial charge in [-0.25, -0.2) is 0 Å². The van der Waals surface area contributed by atoms with Gasteiger partial charge in [0.05, 0.1) is 18.1 Å². The van der Waals surface area contributed by atoms with Gasteiger partial charge in [0.15, 0.2) is 0 Å². The third-order valence-corrected chi connectivity index (χ3v) is 4.05. The van der Waals surface area contributed by atoms with Crippen molar-refractivity contribution in [2.75, 3.05) is 38.3 Å². The number of likely N-dealkylation sites (tertiary alicyclic amines) is 1. The van der Waals surface area contributed by atoms with E-state index in [1.807, 2.05) is 0 Å². The zero-order chi connectivity index (χ0) is 15.4. The molecule has 0 aromatic carbocycles. The van der Waals surface area contributed by atoms with Crippen molar-refractivity contribution in [1.82, 2.24) is 4.90 Å². The normalized spacial score (nSPS) is 23.1. The number of amides is 1. The summed E-state index contributed by atoms with van der Waals surface area (Å²) in [6, 6.07) is 0. The highest BCUT2D eigenvalue weighted by molar-refractivity contribution is 8.00. The van der Waals surface area contributed by atoms with Crippen LogP contribution in [-0.4, -0.2) is 66.4 Å². The molecule has 1 unspecified atom stereocenters. The van der Waals surface area contributed by atoms with Crippen molar-refractivity contribution in [3.63, 3.8) is 0 Å². The molecule has 0 aliphatic carbocycles. The molecule has 5 nitrogen and oxygen atoms in total. The van der Waals surface area contributed by atoms with E-state index >= 15 is 0 Å². The molecule has 1 saturated heterocycles. The van der Waals surface area contributed by atoms with Crippen LogP contribution in [0.5, 0.6) is 0 Å². The SMILES string of the molecule is COCC1(C(=O)O)CCN(C(=O)CSCC(F)(F)F)C1. The highest BCUT2D eigenvalue weighted by Crippen LogP contribution is 2.32. The second kappa shape index (κ2) is 6.66. The maximum Gasteiger partial charge on any atom is 0.397 e. The van der Waals surface area contributed by atoms with E-state index in [0.717, 1.165) is 0 Å². The van der Waals surface area contributed by atoms with Gasteiger partial charge in [0.2, 0.25) is 5.91 Å². The maximum absolute atomic E-state index is 12.0. The summed E-state index contributed by atoms with van der Waals surface area (Å²) >= 11 is 0.482. The molecule has 0 aromatic rings. The molecule has 116 valence electrons. The molecule has 20 heavy (non-hydrogen) atoms. The minimum Gasteiger partial charge on any atom is -0.481 e. The fourth-order valence-corrected chi connectivity index (χ4v) is 2.75. The molecule has 0 aromatic heterocycles. The first-order valence-electron chi connectivity index (χ1n) is 5.85. The van der Waals surface area contributed by atoms with Crippen molar-refractivity contribution >= 4 is 23.6 Å². The number of aliphatic carboxylic acids is 1. The summed E-state index contributed by atoms with van der Waals surface area (Å²) in [6.07, 6.45) is -4.07. The van der Waals surface area contributed by atoms with Crippen molar-refractivity contribution < 1.29 is 32.6 Å². The minimum atomic E-state index is -4.31. The van der Waals surface area contributed by atoms with E-state index in [2.05, 4.69) is 0 Å². The van der Waals surface area contributed by atoms with Crippen LogP contribution in [0.25, 0.3) is 0 Å². The average Bonchev–Trinajstić information content (AvgIpc) is 2.73. The molecule has 1 rings (SSSR count). The largest absolute Gasteiger partial charge is 0.481 e. The van der Waals surface area contributed by atoms with Crippen LogP contribution < -0.4 is 0 Å². The summed E-state index contributed by atoms with van der Waals surface area (Å²) in [5.41, 5.74) is -1.15. The zero-order valence-electron chi connectivity index (χ0n) is 10.9. The number of halogens is 3. The molecule has 1 aliphatic heterocycles. The fraction of sp³-hybridized carbons (Fsp3) is 0.818. The van der Waals surface area contributed by atoms with Crippen LogP contribution in [0, 0.1) is 5.41 Å². The third-order valence-electron chi connectivity index (χ3n) is 3.07. The number of alkyl halides is 3.